The first-order valence-electron chi connectivity index (χ1n) is 8.11. The van der Waals surface area contributed by atoms with E-state index in [-0.39, 0.29) is 17.7 Å². The number of hydrogen-bond donors (Lipinski definition) is 0. The number of piperazine rings is 1. The lowest BCUT2D eigenvalue weighted by Crippen LogP contribution is -2.52. The van der Waals surface area contributed by atoms with E-state index in [1.165, 1.54) is 0 Å². The second-order valence-electron chi connectivity index (χ2n) is 6.27. The summed E-state index contributed by atoms with van der Waals surface area (Å²) in [5.74, 6) is 0.568. The summed E-state index contributed by atoms with van der Waals surface area (Å²) < 4.78 is 24.2. The second-order valence-corrected chi connectivity index (χ2v) is 9.36. The number of sulfone groups is 1. The van der Waals surface area contributed by atoms with Crippen LogP contribution in [0.25, 0.3) is 6.08 Å². The minimum atomic E-state index is -2.86. The van der Waals surface area contributed by atoms with E-state index < -0.39 is 9.84 Å². The van der Waals surface area contributed by atoms with E-state index in [1.807, 2.05) is 35.2 Å². The van der Waals surface area contributed by atoms with Crippen LogP contribution in [0.3, 0.4) is 0 Å². The molecule has 0 aromatic heterocycles. The van der Waals surface area contributed by atoms with E-state index in [2.05, 4.69) is 20.8 Å². The molecule has 0 unspecified atom stereocenters. The number of benzene rings is 1. The van der Waals surface area contributed by atoms with Gasteiger partial charge in [0.05, 0.1) is 11.5 Å². The Hall–Kier alpha value is -1.18. The van der Waals surface area contributed by atoms with E-state index in [9.17, 15) is 13.2 Å². The van der Waals surface area contributed by atoms with Gasteiger partial charge in [-0.05, 0) is 24.1 Å². The Morgan fingerprint density at radius 2 is 1.88 bits per heavy atom. The third-order valence-corrected chi connectivity index (χ3v) is 7.13. The molecule has 1 aromatic rings. The first kappa shape index (κ1) is 17.6. The SMILES string of the molecule is O=C(/C=C/c1ccccc1Br)N1CCN([C@H]2CCS(=O)(=O)C2)CC1. The summed E-state index contributed by atoms with van der Waals surface area (Å²) in [6.45, 7) is 2.79. The van der Waals surface area contributed by atoms with Crippen molar-refractivity contribution in [3.63, 3.8) is 0 Å². The van der Waals surface area contributed by atoms with Crippen molar-refractivity contribution < 1.29 is 13.2 Å². The van der Waals surface area contributed by atoms with Crippen molar-refractivity contribution in [2.45, 2.75) is 12.5 Å². The molecule has 0 bridgehead atoms. The van der Waals surface area contributed by atoms with Gasteiger partial charge in [0.25, 0.3) is 0 Å². The van der Waals surface area contributed by atoms with Gasteiger partial charge in [-0.15, -0.1) is 0 Å². The molecule has 0 spiro atoms. The Kier molecular flexibility index (Phi) is 5.42. The number of carbonyl (C=O) groups is 1. The van der Waals surface area contributed by atoms with Crippen LogP contribution in [0.4, 0.5) is 0 Å². The van der Waals surface area contributed by atoms with Gasteiger partial charge in [0.1, 0.15) is 0 Å². The van der Waals surface area contributed by atoms with E-state index >= 15 is 0 Å². The normalized spacial score (nSPS) is 24.5. The topological polar surface area (TPSA) is 57.7 Å². The third kappa shape index (κ3) is 4.26. The zero-order chi connectivity index (χ0) is 17.2. The summed E-state index contributed by atoms with van der Waals surface area (Å²) in [7, 11) is -2.86. The number of hydrogen-bond acceptors (Lipinski definition) is 4. The van der Waals surface area contributed by atoms with Gasteiger partial charge in [-0.3, -0.25) is 9.69 Å². The van der Waals surface area contributed by atoms with E-state index in [4.69, 9.17) is 0 Å². The van der Waals surface area contributed by atoms with Gasteiger partial charge in [-0.1, -0.05) is 34.1 Å². The molecule has 2 aliphatic heterocycles. The highest BCUT2D eigenvalue weighted by Gasteiger charge is 2.34. The first-order valence-corrected chi connectivity index (χ1v) is 10.7. The van der Waals surface area contributed by atoms with Gasteiger partial charge in [-0.2, -0.15) is 0 Å². The highest BCUT2D eigenvalue weighted by atomic mass is 79.9. The van der Waals surface area contributed by atoms with Crippen molar-refractivity contribution in [3.8, 4) is 0 Å². The molecule has 24 heavy (non-hydrogen) atoms. The van der Waals surface area contributed by atoms with Crippen molar-refractivity contribution in [2.24, 2.45) is 0 Å². The average Bonchev–Trinajstić information content (AvgIpc) is 2.94. The predicted octanol–water partition coefficient (Wildman–Crippen LogP) is 1.79. The fourth-order valence-corrected chi connectivity index (χ4v) is 5.43. The maximum absolute atomic E-state index is 12.3. The maximum atomic E-state index is 12.3. The predicted molar refractivity (Wildman–Crippen MR) is 98.4 cm³/mol. The molecule has 3 rings (SSSR count). The highest BCUT2D eigenvalue weighted by Crippen LogP contribution is 2.20. The molecule has 2 aliphatic rings. The molecule has 130 valence electrons. The smallest absolute Gasteiger partial charge is 0.246 e. The van der Waals surface area contributed by atoms with Gasteiger partial charge < -0.3 is 4.90 Å². The fraction of sp³-hybridized carbons (Fsp3) is 0.471. The molecule has 1 atom stereocenters. The Morgan fingerprint density at radius 1 is 1.17 bits per heavy atom. The minimum Gasteiger partial charge on any atom is -0.337 e. The number of carbonyl (C=O) groups excluding carboxylic acids is 1. The molecule has 1 amide bonds. The van der Waals surface area contributed by atoms with Crippen LogP contribution in [0.15, 0.2) is 34.8 Å². The van der Waals surface area contributed by atoms with Crippen LogP contribution in [0.2, 0.25) is 0 Å². The Labute approximate surface area is 151 Å². The van der Waals surface area contributed by atoms with Crippen LogP contribution in [0, 0.1) is 0 Å². The molecule has 0 radical (unpaired) electrons. The van der Waals surface area contributed by atoms with Gasteiger partial charge in [-0.25, -0.2) is 8.42 Å². The van der Waals surface area contributed by atoms with E-state index in [0.29, 0.717) is 18.8 Å². The summed E-state index contributed by atoms with van der Waals surface area (Å²) in [4.78, 5) is 16.4. The molecule has 5 nitrogen and oxygen atoms in total. The Morgan fingerprint density at radius 3 is 2.50 bits per heavy atom. The standard InChI is InChI=1S/C17H21BrN2O3S/c18-16-4-2-1-3-14(16)5-6-17(21)20-10-8-19(9-11-20)15-7-12-24(22,23)13-15/h1-6,15H,7-13H2/b6-5+/t15-/m0/s1. The summed E-state index contributed by atoms with van der Waals surface area (Å²) in [5.41, 5.74) is 0.973. The molecular formula is C17H21BrN2O3S. The molecule has 0 aliphatic carbocycles. The van der Waals surface area contributed by atoms with Crippen LogP contribution in [0.5, 0.6) is 0 Å². The van der Waals surface area contributed by atoms with Gasteiger partial charge in [0.15, 0.2) is 9.84 Å². The number of rotatable bonds is 3. The van der Waals surface area contributed by atoms with Gasteiger partial charge in [0.2, 0.25) is 5.91 Å². The highest BCUT2D eigenvalue weighted by molar-refractivity contribution is 9.10. The average molecular weight is 413 g/mol. The summed E-state index contributed by atoms with van der Waals surface area (Å²) in [6.07, 6.45) is 4.15. The van der Waals surface area contributed by atoms with Crippen LogP contribution in [-0.4, -0.2) is 67.9 Å². The molecule has 2 fully saturated rings. The maximum Gasteiger partial charge on any atom is 0.246 e. The molecule has 2 heterocycles. The lowest BCUT2D eigenvalue weighted by molar-refractivity contribution is -0.127. The summed E-state index contributed by atoms with van der Waals surface area (Å²) in [5, 5.41) is 0. The third-order valence-electron chi connectivity index (χ3n) is 4.66. The molecule has 7 heteroatoms. The van der Waals surface area contributed by atoms with Crippen molar-refractivity contribution in [3.05, 3.63) is 40.4 Å². The Balaban J connectivity index is 1.53. The molecule has 0 saturated carbocycles. The van der Waals surface area contributed by atoms with Crippen LogP contribution in [0.1, 0.15) is 12.0 Å². The molecule has 2 saturated heterocycles. The zero-order valence-electron chi connectivity index (χ0n) is 13.4. The van der Waals surface area contributed by atoms with E-state index in [1.54, 1.807) is 6.08 Å². The summed E-state index contributed by atoms with van der Waals surface area (Å²) in [6, 6.07) is 7.89. The monoisotopic (exact) mass is 412 g/mol. The lowest BCUT2D eigenvalue weighted by Gasteiger charge is -2.37. The van der Waals surface area contributed by atoms with Crippen LogP contribution < -0.4 is 0 Å². The van der Waals surface area contributed by atoms with Crippen molar-refractivity contribution in [1.82, 2.24) is 9.80 Å². The lowest BCUT2D eigenvalue weighted by atomic mass is 10.2. The van der Waals surface area contributed by atoms with Crippen molar-refractivity contribution in [1.29, 1.82) is 0 Å². The minimum absolute atomic E-state index is 0.00412. The zero-order valence-corrected chi connectivity index (χ0v) is 15.8. The van der Waals surface area contributed by atoms with Crippen LogP contribution in [-0.2, 0) is 14.6 Å². The van der Waals surface area contributed by atoms with Gasteiger partial charge >= 0.3 is 0 Å². The number of nitrogens with zero attached hydrogens (tertiary/aromatic N) is 2. The second kappa shape index (κ2) is 7.37. The quantitative estimate of drug-likeness (QED) is 0.710. The first-order chi connectivity index (χ1) is 11.4. The summed E-state index contributed by atoms with van der Waals surface area (Å²) >= 11 is 3.47. The van der Waals surface area contributed by atoms with Gasteiger partial charge in [0, 0.05) is 42.8 Å². The number of halogens is 1. The molecule has 1 aromatic carbocycles. The fourth-order valence-electron chi connectivity index (χ4n) is 3.25. The van der Waals surface area contributed by atoms with Crippen LogP contribution >= 0.6 is 15.9 Å². The van der Waals surface area contributed by atoms with Crippen molar-refractivity contribution >= 4 is 37.8 Å². The number of amides is 1. The molecular weight excluding hydrogens is 392 g/mol. The Bertz CT molecular complexity index is 740. The van der Waals surface area contributed by atoms with Crippen molar-refractivity contribution in [2.75, 3.05) is 37.7 Å². The molecule has 0 N–H and O–H groups in total. The largest absolute Gasteiger partial charge is 0.337 e. The van der Waals surface area contributed by atoms with E-state index in [0.717, 1.165) is 29.5 Å².